The van der Waals surface area contributed by atoms with Crippen molar-refractivity contribution in [3.8, 4) is 11.5 Å². The molecule has 3 unspecified atom stereocenters. The monoisotopic (exact) mass is 540 g/mol. The molecule has 1 aliphatic heterocycles. The number of amides is 2. The summed E-state index contributed by atoms with van der Waals surface area (Å²) in [7, 11) is 1.53. The van der Waals surface area contributed by atoms with Gasteiger partial charge >= 0.3 is 0 Å². The van der Waals surface area contributed by atoms with Crippen molar-refractivity contribution in [1.29, 1.82) is 0 Å². The molecule has 0 aromatic heterocycles. The van der Waals surface area contributed by atoms with Crippen LogP contribution in [0.5, 0.6) is 11.5 Å². The van der Waals surface area contributed by atoms with Crippen LogP contribution in [0.15, 0.2) is 66.7 Å². The Balaban J connectivity index is 1.50. The third kappa shape index (κ3) is 6.71. The van der Waals surface area contributed by atoms with Crippen LogP contribution in [-0.4, -0.2) is 48.9 Å². The minimum Gasteiger partial charge on any atom is -0.507 e. The Kier molecular flexibility index (Phi) is 9.11. The molecule has 0 aliphatic carbocycles. The highest BCUT2D eigenvalue weighted by Gasteiger charge is 2.49. The van der Waals surface area contributed by atoms with Crippen LogP contribution in [0.1, 0.15) is 36.1 Å². The number of rotatable bonds is 12. The second-order valence-electron chi connectivity index (χ2n) is 9.23. The van der Waals surface area contributed by atoms with E-state index >= 15 is 0 Å². The largest absolute Gasteiger partial charge is 0.507 e. The lowest BCUT2D eigenvalue weighted by Gasteiger charge is -2.48. The number of ether oxygens (including phenoxy) is 2. The second kappa shape index (κ2) is 12.7. The second-order valence-corrected chi connectivity index (χ2v) is 9.23. The highest BCUT2D eigenvalue weighted by molar-refractivity contribution is 6.03. The fourth-order valence-electron chi connectivity index (χ4n) is 4.62. The number of carbonyl (C=O) groups is 2. The first-order chi connectivity index (χ1) is 18.8. The molecule has 0 radical (unpaired) electrons. The van der Waals surface area contributed by atoms with E-state index in [4.69, 9.17) is 9.47 Å². The molecule has 1 fully saturated rings. The van der Waals surface area contributed by atoms with Gasteiger partial charge in [-0.2, -0.15) is 0 Å². The van der Waals surface area contributed by atoms with Crippen LogP contribution < -0.4 is 15.0 Å². The van der Waals surface area contributed by atoms with Gasteiger partial charge in [-0.15, -0.1) is 0 Å². The summed E-state index contributed by atoms with van der Waals surface area (Å²) in [4.78, 5) is 26.6. The van der Waals surface area contributed by atoms with E-state index in [-0.39, 0.29) is 36.3 Å². The molecule has 3 aromatic rings. The lowest BCUT2D eigenvalue weighted by Crippen LogP contribution is -2.55. The van der Waals surface area contributed by atoms with Crippen LogP contribution in [0.3, 0.4) is 0 Å². The van der Waals surface area contributed by atoms with Crippen molar-refractivity contribution in [3.63, 3.8) is 0 Å². The number of halogens is 2. The summed E-state index contributed by atoms with van der Waals surface area (Å²) < 4.78 is 37.2. The fourth-order valence-corrected chi connectivity index (χ4v) is 4.62. The van der Waals surface area contributed by atoms with Crippen molar-refractivity contribution in [3.05, 3.63) is 89.5 Å². The van der Waals surface area contributed by atoms with Gasteiger partial charge in [0.2, 0.25) is 5.91 Å². The molecule has 1 saturated heterocycles. The maximum absolute atomic E-state index is 13.5. The molecule has 39 heavy (non-hydrogen) atoms. The van der Waals surface area contributed by atoms with E-state index in [0.29, 0.717) is 36.4 Å². The first-order valence-corrected chi connectivity index (χ1v) is 12.5. The molecule has 10 heteroatoms. The van der Waals surface area contributed by atoms with Crippen molar-refractivity contribution in [2.75, 3.05) is 31.8 Å². The van der Waals surface area contributed by atoms with Gasteiger partial charge in [-0.3, -0.25) is 9.59 Å². The van der Waals surface area contributed by atoms with E-state index in [1.807, 2.05) is 0 Å². The standard InChI is InChI=1S/C29H30F2N2O6/c1-38-15-14-32-27(36)17-39-22-10-11-23(26(35)16-22)28-24(12-13-25(34)18-2-4-19(30)5-3-18)29(37)33(28)21-8-6-20(31)7-9-21/h2-11,16,24-25,28,34-35H,12-15,17H2,1H3,(H,32,36). The van der Waals surface area contributed by atoms with E-state index in [0.717, 1.165) is 0 Å². The number of benzene rings is 3. The van der Waals surface area contributed by atoms with Crippen LogP contribution in [-0.2, 0) is 14.3 Å². The molecule has 3 aromatic carbocycles. The molecular formula is C29H30F2N2O6. The summed E-state index contributed by atoms with van der Waals surface area (Å²) in [5, 5.41) is 24.1. The molecule has 0 saturated carbocycles. The third-order valence-electron chi connectivity index (χ3n) is 6.64. The van der Waals surface area contributed by atoms with Gasteiger partial charge in [0.05, 0.1) is 24.7 Å². The SMILES string of the molecule is COCCNC(=O)COc1ccc(C2C(CCC(O)c3ccc(F)cc3)C(=O)N2c2ccc(F)cc2)c(O)c1. The van der Waals surface area contributed by atoms with Gasteiger partial charge in [-0.25, -0.2) is 8.78 Å². The normalized spacial score (nSPS) is 17.4. The number of phenols is 1. The number of aliphatic hydroxyl groups excluding tert-OH is 1. The summed E-state index contributed by atoms with van der Waals surface area (Å²) in [5.41, 5.74) is 1.44. The van der Waals surface area contributed by atoms with Crippen molar-refractivity contribution in [2.24, 2.45) is 5.92 Å². The molecular weight excluding hydrogens is 510 g/mol. The molecule has 206 valence electrons. The van der Waals surface area contributed by atoms with E-state index in [1.54, 1.807) is 12.1 Å². The average Bonchev–Trinajstić information content (AvgIpc) is 2.92. The van der Waals surface area contributed by atoms with Crippen LogP contribution in [0.2, 0.25) is 0 Å². The average molecular weight is 541 g/mol. The zero-order chi connectivity index (χ0) is 27.9. The minimum absolute atomic E-state index is 0.138. The quantitative estimate of drug-likeness (QED) is 0.237. The molecule has 4 rings (SSSR count). The molecule has 3 N–H and O–H groups in total. The van der Waals surface area contributed by atoms with Crippen LogP contribution >= 0.6 is 0 Å². The van der Waals surface area contributed by atoms with Crippen molar-refractivity contribution in [1.82, 2.24) is 5.32 Å². The predicted molar refractivity (Wildman–Crippen MR) is 139 cm³/mol. The van der Waals surface area contributed by atoms with Gasteiger partial charge < -0.3 is 29.9 Å². The molecule has 1 heterocycles. The fraction of sp³-hybridized carbons (Fsp3) is 0.310. The number of aromatic hydroxyl groups is 1. The first kappa shape index (κ1) is 28.0. The Morgan fingerprint density at radius 1 is 1.05 bits per heavy atom. The Labute approximate surface area is 224 Å². The van der Waals surface area contributed by atoms with E-state index in [2.05, 4.69) is 5.32 Å². The summed E-state index contributed by atoms with van der Waals surface area (Å²) in [6, 6.07) is 15.0. The summed E-state index contributed by atoms with van der Waals surface area (Å²) >= 11 is 0. The van der Waals surface area contributed by atoms with E-state index in [9.17, 15) is 28.6 Å². The number of hydrogen-bond donors (Lipinski definition) is 3. The van der Waals surface area contributed by atoms with Crippen LogP contribution in [0, 0.1) is 17.6 Å². The number of carbonyl (C=O) groups excluding carboxylic acids is 2. The summed E-state index contributed by atoms with van der Waals surface area (Å²) in [6.45, 7) is 0.457. The lowest BCUT2D eigenvalue weighted by molar-refractivity contribution is -0.131. The Morgan fingerprint density at radius 2 is 1.72 bits per heavy atom. The Morgan fingerprint density at radius 3 is 2.36 bits per heavy atom. The van der Waals surface area contributed by atoms with Crippen LogP contribution in [0.25, 0.3) is 0 Å². The number of hydrogen-bond acceptors (Lipinski definition) is 6. The van der Waals surface area contributed by atoms with Crippen molar-refractivity contribution >= 4 is 17.5 Å². The number of nitrogens with zero attached hydrogens (tertiary/aromatic N) is 1. The Bertz CT molecular complexity index is 1290. The van der Waals surface area contributed by atoms with Crippen molar-refractivity contribution < 1.29 is 38.1 Å². The minimum atomic E-state index is -0.904. The molecule has 2 amide bonds. The predicted octanol–water partition coefficient (Wildman–Crippen LogP) is 4.03. The molecule has 8 nitrogen and oxygen atoms in total. The van der Waals surface area contributed by atoms with E-state index < -0.39 is 29.7 Å². The van der Waals surface area contributed by atoms with Crippen molar-refractivity contribution in [2.45, 2.75) is 25.0 Å². The zero-order valence-corrected chi connectivity index (χ0v) is 21.3. The third-order valence-corrected chi connectivity index (χ3v) is 6.64. The number of aliphatic hydroxyl groups is 1. The maximum atomic E-state index is 13.5. The lowest BCUT2D eigenvalue weighted by atomic mass is 9.78. The zero-order valence-electron chi connectivity index (χ0n) is 21.3. The van der Waals surface area contributed by atoms with Gasteiger partial charge in [0.1, 0.15) is 23.1 Å². The number of anilines is 1. The number of methoxy groups -OCH3 is 1. The highest BCUT2D eigenvalue weighted by atomic mass is 19.1. The van der Waals surface area contributed by atoms with Gasteiger partial charge in [-0.05, 0) is 66.9 Å². The smallest absolute Gasteiger partial charge is 0.258 e. The maximum Gasteiger partial charge on any atom is 0.258 e. The van der Waals surface area contributed by atoms with Gasteiger partial charge in [0.25, 0.3) is 5.91 Å². The number of β-lactam (4-membered cyclic amide) rings is 1. The molecule has 0 bridgehead atoms. The van der Waals surface area contributed by atoms with Gasteiger partial charge in [0.15, 0.2) is 6.61 Å². The van der Waals surface area contributed by atoms with E-state index in [1.165, 1.54) is 66.6 Å². The topological polar surface area (TPSA) is 108 Å². The van der Waals surface area contributed by atoms with Crippen LogP contribution in [0.4, 0.5) is 14.5 Å². The van der Waals surface area contributed by atoms with Gasteiger partial charge in [-0.1, -0.05) is 12.1 Å². The summed E-state index contributed by atoms with van der Waals surface area (Å²) in [5.74, 6) is -1.88. The highest BCUT2D eigenvalue weighted by Crippen LogP contribution is 2.49. The first-order valence-electron chi connectivity index (χ1n) is 12.5. The molecule has 0 spiro atoms. The van der Waals surface area contributed by atoms with Gasteiger partial charge in [0, 0.05) is 31.0 Å². The molecule has 1 aliphatic rings. The summed E-state index contributed by atoms with van der Waals surface area (Å²) in [6.07, 6.45) is -0.381. The molecule has 3 atom stereocenters. The number of nitrogens with one attached hydrogen (secondary N) is 1. The number of phenolic OH excluding ortho intramolecular Hbond substituents is 1. The Hall–Kier alpha value is -4.02.